The molecule has 0 amide bonds. The lowest BCUT2D eigenvalue weighted by molar-refractivity contribution is -0.141. The monoisotopic (exact) mass is 348 g/mol. The van der Waals surface area contributed by atoms with E-state index in [1.54, 1.807) is 0 Å². The molecule has 1 aliphatic heterocycles. The predicted molar refractivity (Wildman–Crippen MR) is 72.2 cm³/mol. The average molecular weight is 349 g/mol. The summed E-state index contributed by atoms with van der Waals surface area (Å²) in [6, 6.07) is 1.06. The third-order valence-corrected chi connectivity index (χ3v) is 4.30. The predicted octanol–water partition coefficient (Wildman–Crippen LogP) is 3.11. The van der Waals surface area contributed by atoms with Gasteiger partial charge in [0.1, 0.15) is 5.52 Å². The number of anilines is 1. The molecule has 20 heavy (non-hydrogen) atoms. The average Bonchev–Trinajstić information content (AvgIpc) is 2.83. The van der Waals surface area contributed by atoms with Crippen LogP contribution in [0.2, 0.25) is 0 Å². The van der Waals surface area contributed by atoms with Gasteiger partial charge in [-0.3, -0.25) is 0 Å². The van der Waals surface area contributed by atoms with Crippen molar-refractivity contribution in [3.05, 3.63) is 24.2 Å². The fourth-order valence-electron chi connectivity index (χ4n) is 2.35. The molecule has 0 unspecified atom stereocenters. The Kier molecular flexibility index (Phi) is 3.35. The van der Waals surface area contributed by atoms with E-state index in [1.807, 2.05) is 4.90 Å². The van der Waals surface area contributed by atoms with Crippen LogP contribution in [-0.2, 0) is 6.18 Å². The zero-order valence-electron chi connectivity index (χ0n) is 10.4. The van der Waals surface area contributed by atoms with Crippen molar-refractivity contribution in [2.24, 2.45) is 0 Å². The Morgan fingerprint density at radius 2 is 1.95 bits per heavy atom. The smallest absolute Gasteiger partial charge is 0.355 e. The van der Waals surface area contributed by atoms with Crippen LogP contribution < -0.4 is 4.90 Å². The third kappa shape index (κ3) is 2.48. The molecule has 0 saturated carbocycles. The molecule has 1 fully saturated rings. The molecule has 3 rings (SSSR count). The van der Waals surface area contributed by atoms with Gasteiger partial charge in [-0.15, -0.1) is 0 Å². The first-order chi connectivity index (χ1) is 9.45. The third-order valence-electron chi connectivity index (χ3n) is 3.38. The first kappa shape index (κ1) is 13.7. The molecule has 2 aromatic heterocycles. The quantitative estimate of drug-likeness (QED) is 0.742. The highest BCUT2D eigenvalue weighted by molar-refractivity contribution is 9.09. The SMILES string of the molecule is FC(F)(F)c1cc2c(N3CCC(Br)CC3)nccn2n1. The maximum absolute atomic E-state index is 12.7. The Morgan fingerprint density at radius 1 is 1.25 bits per heavy atom. The van der Waals surface area contributed by atoms with Gasteiger partial charge >= 0.3 is 6.18 Å². The van der Waals surface area contributed by atoms with E-state index < -0.39 is 11.9 Å². The largest absolute Gasteiger partial charge is 0.435 e. The highest BCUT2D eigenvalue weighted by Gasteiger charge is 2.34. The Balaban J connectivity index is 2.01. The van der Waals surface area contributed by atoms with Crippen LogP contribution in [0.25, 0.3) is 5.52 Å². The molecule has 0 aromatic carbocycles. The van der Waals surface area contributed by atoms with Crippen molar-refractivity contribution in [1.29, 1.82) is 0 Å². The summed E-state index contributed by atoms with van der Waals surface area (Å²) in [4.78, 5) is 6.71. The van der Waals surface area contributed by atoms with Crippen molar-refractivity contribution in [2.45, 2.75) is 23.8 Å². The molecule has 0 bridgehead atoms. The van der Waals surface area contributed by atoms with Crippen LogP contribution in [0.1, 0.15) is 18.5 Å². The summed E-state index contributed by atoms with van der Waals surface area (Å²) in [7, 11) is 0. The van der Waals surface area contributed by atoms with Crippen LogP contribution in [0.3, 0.4) is 0 Å². The van der Waals surface area contributed by atoms with E-state index >= 15 is 0 Å². The first-order valence-corrected chi connectivity index (χ1v) is 7.17. The summed E-state index contributed by atoms with van der Waals surface area (Å²) in [5.74, 6) is 0.565. The fourth-order valence-corrected chi connectivity index (χ4v) is 2.76. The van der Waals surface area contributed by atoms with Crippen molar-refractivity contribution < 1.29 is 13.2 Å². The van der Waals surface area contributed by atoms with E-state index in [0.29, 0.717) is 16.2 Å². The van der Waals surface area contributed by atoms with Gasteiger partial charge < -0.3 is 4.90 Å². The summed E-state index contributed by atoms with van der Waals surface area (Å²) < 4.78 is 39.4. The van der Waals surface area contributed by atoms with Crippen LogP contribution in [0.15, 0.2) is 18.5 Å². The number of hydrogen-bond donors (Lipinski definition) is 0. The topological polar surface area (TPSA) is 33.4 Å². The van der Waals surface area contributed by atoms with E-state index in [2.05, 4.69) is 26.0 Å². The molecule has 8 heteroatoms. The molecule has 0 N–H and O–H groups in total. The summed E-state index contributed by atoms with van der Waals surface area (Å²) in [6.45, 7) is 1.55. The van der Waals surface area contributed by atoms with Crippen molar-refractivity contribution in [1.82, 2.24) is 14.6 Å². The minimum absolute atomic E-state index is 0.396. The highest BCUT2D eigenvalue weighted by atomic mass is 79.9. The molecule has 1 saturated heterocycles. The fraction of sp³-hybridized carbons (Fsp3) is 0.500. The van der Waals surface area contributed by atoms with Gasteiger partial charge in [-0.1, -0.05) is 15.9 Å². The van der Waals surface area contributed by atoms with Gasteiger partial charge in [0.2, 0.25) is 0 Å². The molecule has 0 aliphatic carbocycles. The number of rotatable bonds is 1. The van der Waals surface area contributed by atoms with Crippen molar-refractivity contribution in [2.75, 3.05) is 18.0 Å². The molecular formula is C12H12BrF3N4. The molecule has 2 aromatic rings. The molecule has 3 heterocycles. The van der Waals surface area contributed by atoms with Crippen LogP contribution in [0.4, 0.5) is 19.0 Å². The van der Waals surface area contributed by atoms with Gasteiger partial charge in [-0.05, 0) is 12.8 Å². The van der Waals surface area contributed by atoms with Gasteiger partial charge in [0, 0.05) is 36.4 Å². The lowest BCUT2D eigenvalue weighted by Crippen LogP contribution is -2.34. The van der Waals surface area contributed by atoms with Gasteiger partial charge in [0.25, 0.3) is 0 Å². The van der Waals surface area contributed by atoms with Gasteiger partial charge in [0.05, 0.1) is 0 Å². The standard InChI is InChI=1S/C12H12BrF3N4/c13-8-1-4-19(5-2-8)11-9-7-10(12(14,15)16)18-20(9)6-3-17-11/h3,6-8H,1-2,4-5H2. The molecule has 0 radical (unpaired) electrons. The number of fused-ring (bicyclic) bond motifs is 1. The van der Waals surface area contributed by atoms with E-state index in [1.165, 1.54) is 16.9 Å². The molecule has 0 spiro atoms. The maximum atomic E-state index is 12.7. The number of halogens is 4. The Morgan fingerprint density at radius 3 is 2.60 bits per heavy atom. The van der Waals surface area contributed by atoms with E-state index in [4.69, 9.17) is 0 Å². The van der Waals surface area contributed by atoms with E-state index in [9.17, 15) is 13.2 Å². The van der Waals surface area contributed by atoms with Gasteiger partial charge in [0.15, 0.2) is 11.5 Å². The van der Waals surface area contributed by atoms with Gasteiger partial charge in [-0.2, -0.15) is 18.3 Å². The van der Waals surface area contributed by atoms with Crippen molar-refractivity contribution in [3.63, 3.8) is 0 Å². The molecule has 1 aliphatic rings. The number of alkyl halides is 4. The molecule has 0 atom stereocenters. The summed E-state index contributed by atoms with van der Waals surface area (Å²) >= 11 is 3.55. The Hall–Kier alpha value is -1.31. The number of piperidine rings is 1. The minimum atomic E-state index is -4.44. The second-order valence-electron chi connectivity index (χ2n) is 4.77. The first-order valence-electron chi connectivity index (χ1n) is 6.26. The van der Waals surface area contributed by atoms with Crippen LogP contribution in [0.5, 0.6) is 0 Å². The van der Waals surface area contributed by atoms with Crippen LogP contribution >= 0.6 is 15.9 Å². The minimum Gasteiger partial charge on any atom is -0.355 e. The van der Waals surface area contributed by atoms with E-state index in [0.717, 1.165) is 32.0 Å². The zero-order chi connectivity index (χ0) is 14.3. The second kappa shape index (κ2) is 4.91. The number of nitrogens with zero attached hydrogens (tertiary/aromatic N) is 4. The van der Waals surface area contributed by atoms with Gasteiger partial charge in [-0.25, -0.2) is 9.50 Å². The second-order valence-corrected chi connectivity index (χ2v) is 6.06. The lowest BCUT2D eigenvalue weighted by atomic mass is 10.1. The molecular weight excluding hydrogens is 337 g/mol. The lowest BCUT2D eigenvalue weighted by Gasteiger charge is -2.30. The van der Waals surface area contributed by atoms with E-state index in [-0.39, 0.29) is 0 Å². The number of hydrogen-bond acceptors (Lipinski definition) is 3. The van der Waals surface area contributed by atoms with Crippen LogP contribution in [0, 0.1) is 0 Å². The highest BCUT2D eigenvalue weighted by Crippen LogP contribution is 2.31. The van der Waals surface area contributed by atoms with Crippen molar-refractivity contribution in [3.8, 4) is 0 Å². The Bertz CT molecular complexity index is 617. The zero-order valence-corrected chi connectivity index (χ0v) is 12.0. The summed E-state index contributed by atoms with van der Waals surface area (Å²) in [5, 5.41) is 3.57. The summed E-state index contributed by atoms with van der Waals surface area (Å²) in [5.41, 5.74) is -0.491. The maximum Gasteiger partial charge on any atom is 0.435 e. The van der Waals surface area contributed by atoms with Crippen LogP contribution in [-0.4, -0.2) is 32.5 Å². The molecule has 4 nitrogen and oxygen atoms in total. The molecule has 108 valence electrons. The van der Waals surface area contributed by atoms with Crippen molar-refractivity contribution >= 4 is 27.3 Å². The Labute approximate surface area is 121 Å². The normalized spacial score (nSPS) is 17.9. The summed E-state index contributed by atoms with van der Waals surface area (Å²) in [6.07, 6.45) is 0.374. The number of aromatic nitrogens is 3.